The molecule has 0 amide bonds. The second-order valence-electron chi connectivity index (χ2n) is 17.0. The molecule has 0 radical (unpaired) electrons. The van der Waals surface area contributed by atoms with Crippen LogP contribution in [0.5, 0.6) is 0 Å². The van der Waals surface area contributed by atoms with Gasteiger partial charge in [-0.3, -0.25) is 4.79 Å². The van der Waals surface area contributed by atoms with Crippen LogP contribution in [0.3, 0.4) is 0 Å². The zero-order valence-electron chi connectivity index (χ0n) is 37.5. The molecular formula is C52H84O. The van der Waals surface area contributed by atoms with Gasteiger partial charge in [-0.25, -0.2) is 0 Å². The minimum absolute atomic E-state index is 0.272. The maximum Gasteiger partial charge on any atom is 0.140 e. The summed E-state index contributed by atoms with van der Waals surface area (Å²) in [4.78, 5) is 13.6. The minimum Gasteiger partial charge on any atom is -0.299 e. The third-order valence-corrected chi connectivity index (χ3v) is 10.3. The van der Waals surface area contributed by atoms with Crippen LogP contribution in [0.1, 0.15) is 200 Å². The minimum atomic E-state index is -0.509. The first-order valence-electron chi connectivity index (χ1n) is 21.0. The lowest BCUT2D eigenvalue weighted by Crippen LogP contribution is -2.26. The van der Waals surface area contributed by atoms with Gasteiger partial charge in [0.25, 0.3) is 0 Å². The van der Waals surface area contributed by atoms with Crippen LogP contribution < -0.4 is 0 Å². The Morgan fingerprint density at radius 2 is 0.547 bits per heavy atom. The van der Waals surface area contributed by atoms with Gasteiger partial charge in [-0.1, -0.05) is 116 Å². The highest BCUT2D eigenvalue weighted by Crippen LogP contribution is 2.35. The average Bonchev–Trinajstić information content (AvgIpc) is 3.05. The SMILES string of the molecule is CC(=O)C(/C=C(\C)CC/C=C(\C)CC/C=C(\C)CCC=C(C)C)(CC=C(C)CCC=C(C)CCC=C(C)C)CC=C(C)CCC=C(C)CCC=C(C)C. The van der Waals surface area contributed by atoms with E-state index in [4.69, 9.17) is 0 Å². The van der Waals surface area contributed by atoms with Crippen LogP contribution in [0.25, 0.3) is 0 Å². The van der Waals surface area contributed by atoms with Crippen molar-refractivity contribution in [2.75, 3.05) is 0 Å². The predicted molar refractivity (Wildman–Crippen MR) is 242 cm³/mol. The molecule has 0 aromatic rings. The summed E-state index contributed by atoms with van der Waals surface area (Å²) in [6, 6.07) is 0. The molecule has 53 heavy (non-hydrogen) atoms. The van der Waals surface area contributed by atoms with Gasteiger partial charge in [-0.05, 0) is 200 Å². The standard InChI is InChI=1S/C52H84O/c1-41(2)22-15-25-44(7)28-18-29-47(10)32-21-35-50(13)40-52(51(14)53,38-36-48(11)33-19-30-45(8)26-16-23-42(3)4)39-37-49(12)34-20-31-46(9)27-17-24-43(5)6/h22-24,28,30-32,36-37,40H,15-21,25-27,29,33-35,38-39H2,1-14H3/b44-28+,45-30?,46-31?,47-32+,48-36?,49-37?,50-40+. The first-order valence-corrected chi connectivity index (χ1v) is 21.0. The molecule has 0 saturated carbocycles. The Kier molecular flexibility index (Phi) is 27.8. The lowest BCUT2D eigenvalue weighted by molar-refractivity contribution is -0.124. The molecule has 0 saturated heterocycles. The highest BCUT2D eigenvalue weighted by Gasteiger charge is 2.31. The molecule has 1 nitrogen and oxygen atoms in total. The highest BCUT2D eigenvalue weighted by atomic mass is 16.1. The van der Waals surface area contributed by atoms with E-state index in [2.05, 4.69) is 151 Å². The molecular weight excluding hydrogens is 641 g/mol. The van der Waals surface area contributed by atoms with Crippen LogP contribution in [-0.2, 0) is 4.79 Å². The largest absolute Gasteiger partial charge is 0.299 e. The molecule has 0 rings (SSSR count). The topological polar surface area (TPSA) is 17.1 Å². The summed E-state index contributed by atoms with van der Waals surface area (Å²) in [6.07, 6.45) is 40.4. The van der Waals surface area contributed by atoms with Crippen molar-refractivity contribution >= 4 is 5.78 Å². The molecule has 0 aliphatic rings. The van der Waals surface area contributed by atoms with Crippen molar-refractivity contribution in [3.8, 4) is 0 Å². The van der Waals surface area contributed by atoms with Gasteiger partial charge < -0.3 is 0 Å². The smallest absolute Gasteiger partial charge is 0.140 e. The van der Waals surface area contributed by atoms with Crippen molar-refractivity contribution < 1.29 is 4.79 Å². The quantitative estimate of drug-likeness (QED) is 0.0771. The maximum absolute atomic E-state index is 13.6. The van der Waals surface area contributed by atoms with E-state index >= 15 is 0 Å². The third-order valence-electron chi connectivity index (χ3n) is 10.3. The molecule has 0 aliphatic carbocycles. The number of rotatable bonds is 27. The van der Waals surface area contributed by atoms with E-state index < -0.39 is 5.41 Å². The van der Waals surface area contributed by atoms with E-state index in [1.807, 2.05) is 6.92 Å². The van der Waals surface area contributed by atoms with Crippen LogP contribution in [-0.4, -0.2) is 5.78 Å². The van der Waals surface area contributed by atoms with Gasteiger partial charge in [0.15, 0.2) is 0 Å². The predicted octanol–water partition coefficient (Wildman–Crippen LogP) is 17.3. The van der Waals surface area contributed by atoms with Crippen LogP contribution >= 0.6 is 0 Å². The molecule has 0 aliphatic heterocycles. The zero-order valence-corrected chi connectivity index (χ0v) is 37.5. The molecule has 1 heteroatoms. The summed E-state index contributed by atoms with van der Waals surface area (Å²) in [5, 5.41) is 0. The molecule has 0 atom stereocenters. The van der Waals surface area contributed by atoms with Gasteiger partial charge in [0.05, 0.1) is 5.41 Å². The van der Waals surface area contributed by atoms with E-state index in [1.54, 1.807) is 0 Å². The Morgan fingerprint density at radius 1 is 0.321 bits per heavy atom. The van der Waals surface area contributed by atoms with Crippen molar-refractivity contribution in [2.45, 2.75) is 200 Å². The fourth-order valence-corrected chi connectivity index (χ4v) is 6.41. The Bertz CT molecular complexity index is 1330. The first kappa shape index (κ1) is 50.1. The van der Waals surface area contributed by atoms with Crippen molar-refractivity contribution in [3.63, 3.8) is 0 Å². The molecule has 0 aromatic heterocycles. The number of ketones is 1. The summed E-state index contributed by atoms with van der Waals surface area (Å²) in [6.45, 7) is 30.6. The Labute approximate surface area is 331 Å². The number of hydrogen-bond donors (Lipinski definition) is 0. The van der Waals surface area contributed by atoms with Gasteiger partial charge in [0.1, 0.15) is 5.78 Å². The molecule has 0 aromatic carbocycles. The number of carbonyl (C=O) groups is 1. The van der Waals surface area contributed by atoms with E-state index in [9.17, 15) is 4.79 Å². The maximum atomic E-state index is 13.6. The zero-order chi connectivity index (χ0) is 40.2. The lowest BCUT2D eigenvalue weighted by Gasteiger charge is -2.28. The van der Waals surface area contributed by atoms with Gasteiger partial charge in [-0.2, -0.15) is 0 Å². The van der Waals surface area contributed by atoms with Crippen LogP contribution in [0.4, 0.5) is 0 Å². The van der Waals surface area contributed by atoms with E-state index in [-0.39, 0.29) is 5.78 Å². The van der Waals surface area contributed by atoms with Crippen molar-refractivity contribution in [3.05, 3.63) is 116 Å². The van der Waals surface area contributed by atoms with Crippen LogP contribution in [0.2, 0.25) is 0 Å². The van der Waals surface area contributed by atoms with Crippen molar-refractivity contribution in [1.29, 1.82) is 0 Å². The van der Waals surface area contributed by atoms with Gasteiger partial charge in [0.2, 0.25) is 0 Å². The Hall–Kier alpha value is -2.93. The molecule has 0 spiro atoms. The highest BCUT2D eigenvalue weighted by molar-refractivity contribution is 5.85. The molecule has 0 N–H and O–H groups in total. The van der Waals surface area contributed by atoms with Gasteiger partial charge in [-0.15, -0.1) is 0 Å². The summed E-state index contributed by atoms with van der Waals surface area (Å²) < 4.78 is 0. The molecule has 298 valence electrons. The number of allylic oxidation sites excluding steroid dienone is 20. The monoisotopic (exact) mass is 725 g/mol. The summed E-state index contributed by atoms with van der Waals surface area (Å²) >= 11 is 0. The fraction of sp³-hybridized carbons (Fsp3) is 0.596. The molecule has 0 heterocycles. The van der Waals surface area contributed by atoms with E-state index in [1.165, 1.54) is 55.7 Å². The second kappa shape index (κ2) is 29.4. The molecule has 0 fully saturated rings. The Morgan fingerprint density at radius 3 is 0.792 bits per heavy atom. The van der Waals surface area contributed by atoms with Crippen LogP contribution in [0, 0.1) is 5.41 Å². The first-order chi connectivity index (χ1) is 24.9. The van der Waals surface area contributed by atoms with E-state index in [0.717, 1.165) is 103 Å². The lowest BCUT2D eigenvalue weighted by atomic mass is 9.75. The normalized spacial score (nSPS) is 14.9. The summed E-state index contributed by atoms with van der Waals surface area (Å²) in [7, 11) is 0. The van der Waals surface area contributed by atoms with Gasteiger partial charge in [0, 0.05) is 0 Å². The second-order valence-corrected chi connectivity index (χ2v) is 17.0. The average molecular weight is 725 g/mol. The fourth-order valence-electron chi connectivity index (χ4n) is 6.41. The summed E-state index contributed by atoms with van der Waals surface area (Å²) in [5.41, 5.74) is 13.6. The van der Waals surface area contributed by atoms with Crippen LogP contribution in [0.15, 0.2) is 116 Å². The molecule has 0 bridgehead atoms. The Balaban J connectivity index is 5.84. The summed E-state index contributed by atoms with van der Waals surface area (Å²) in [5.74, 6) is 0.272. The third kappa shape index (κ3) is 28.2. The number of Topliss-reactive ketones (excluding diaryl/α,β-unsaturated/α-hetero) is 1. The number of hydrogen-bond acceptors (Lipinski definition) is 1. The molecule has 0 unspecified atom stereocenters. The van der Waals surface area contributed by atoms with Gasteiger partial charge >= 0.3 is 0 Å². The van der Waals surface area contributed by atoms with E-state index in [0.29, 0.717) is 0 Å². The number of carbonyl (C=O) groups excluding carboxylic acids is 1. The van der Waals surface area contributed by atoms with Crippen molar-refractivity contribution in [1.82, 2.24) is 0 Å². The van der Waals surface area contributed by atoms with Crippen molar-refractivity contribution in [2.24, 2.45) is 5.41 Å².